The lowest BCUT2D eigenvalue weighted by molar-refractivity contribution is 0.161. The van der Waals surface area contributed by atoms with Gasteiger partial charge in [0.1, 0.15) is 11.5 Å². The Balaban J connectivity index is 1.55. The molecule has 0 aromatic carbocycles. The van der Waals surface area contributed by atoms with Crippen LogP contribution >= 0.6 is 0 Å². The number of piperidine rings is 1. The summed E-state index contributed by atoms with van der Waals surface area (Å²) in [5, 5.41) is 0. The summed E-state index contributed by atoms with van der Waals surface area (Å²) in [7, 11) is 0. The van der Waals surface area contributed by atoms with Crippen molar-refractivity contribution in [2.45, 2.75) is 51.7 Å². The first-order chi connectivity index (χ1) is 9.76. The molecule has 0 aliphatic carbocycles. The average Bonchev–Trinajstić information content (AvgIpc) is 3.08. The number of hydrogen-bond donors (Lipinski definition) is 1. The fourth-order valence-corrected chi connectivity index (χ4v) is 3.62. The summed E-state index contributed by atoms with van der Waals surface area (Å²) in [6.45, 7) is 8.59. The van der Waals surface area contributed by atoms with Gasteiger partial charge in [-0.3, -0.25) is 9.80 Å². The molecule has 2 saturated heterocycles. The third-order valence-corrected chi connectivity index (χ3v) is 4.82. The Hall–Kier alpha value is -0.840. The smallest absolute Gasteiger partial charge is 0.118 e. The maximum Gasteiger partial charge on any atom is 0.118 e. The predicted octanol–water partition coefficient (Wildman–Crippen LogP) is 2.11. The van der Waals surface area contributed by atoms with E-state index in [1.54, 1.807) is 0 Å². The normalized spacial score (nSPS) is 25.4. The Morgan fingerprint density at radius 3 is 2.75 bits per heavy atom. The van der Waals surface area contributed by atoms with E-state index < -0.39 is 0 Å². The van der Waals surface area contributed by atoms with Crippen LogP contribution in [0, 0.1) is 6.92 Å². The second-order valence-corrected chi connectivity index (χ2v) is 6.27. The maximum absolute atomic E-state index is 5.66. The van der Waals surface area contributed by atoms with E-state index in [0.717, 1.165) is 24.1 Å². The molecule has 0 amide bonds. The van der Waals surface area contributed by atoms with Crippen molar-refractivity contribution in [3.8, 4) is 0 Å². The van der Waals surface area contributed by atoms with Crippen molar-refractivity contribution < 1.29 is 4.42 Å². The molecule has 1 atom stereocenters. The summed E-state index contributed by atoms with van der Waals surface area (Å²) in [6, 6.07) is 2.90. The topological polar surface area (TPSA) is 45.6 Å². The van der Waals surface area contributed by atoms with Gasteiger partial charge >= 0.3 is 0 Å². The molecule has 4 heteroatoms. The molecular weight excluding hydrogens is 250 g/mol. The van der Waals surface area contributed by atoms with Gasteiger partial charge in [-0.15, -0.1) is 0 Å². The molecule has 4 nitrogen and oxygen atoms in total. The Bertz CT molecular complexity index is 437. The Morgan fingerprint density at radius 1 is 1.25 bits per heavy atom. The highest BCUT2D eigenvalue weighted by Crippen LogP contribution is 2.23. The van der Waals surface area contributed by atoms with Gasteiger partial charge in [0.15, 0.2) is 0 Å². The van der Waals surface area contributed by atoms with Crippen LogP contribution in [0.1, 0.15) is 42.8 Å². The second-order valence-electron chi connectivity index (χ2n) is 6.27. The molecule has 2 aliphatic rings. The van der Waals surface area contributed by atoms with Crippen LogP contribution in [-0.2, 0) is 13.1 Å². The molecule has 1 aromatic heterocycles. The number of hydrogen-bond acceptors (Lipinski definition) is 4. The zero-order valence-electron chi connectivity index (χ0n) is 12.6. The summed E-state index contributed by atoms with van der Waals surface area (Å²) in [5.41, 5.74) is 6.96. The molecule has 2 N–H and O–H groups in total. The van der Waals surface area contributed by atoms with Gasteiger partial charge in [0.05, 0.1) is 6.54 Å². The third-order valence-electron chi connectivity index (χ3n) is 4.82. The minimum atomic E-state index is 0.497. The number of likely N-dealkylation sites (tertiary alicyclic amines) is 2. The SMILES string of the molecule is Cc1oc(CN)cc1CN1CCC(N2CCCCC2)C1. The van der Waals surface area contributed by atoms with Crippen molar-refractivity contribution in [1.82, 2.24) is 9.80 Å². The number of furan rings is 1. The monoisotopic (exact) mass is 277 g/mol. The zero-order valence-corrected chi connectivity index (χ0v) is 12.6. The highest BCUT2D eigenvalue weighted by molar-refractivity contribution is 5.20. The first kappa shape index (κ1) is 14.1. The van der Waals surface area contributed by atoms with Crippen LogP contribution in [0.15, 0.2) is 10.5 Å². The van der Waals surface area contributed by atoms with E-state index in [0.29, 0.717) is 6.54 Å². The van der Waals surface area contributed by atoms with Crippen molar-refractivity contribution >= 4 is 0 Å². The largest absolute Gasteiger partial charge is 0.465 e. The molecule has 20 heavy (non-hydrogen) atoms. The standard InChI is InChI=1S/C16H27N3O/c1-13-14(9-16(10-17)20-13)11-18-8-5-15(12-18)19-6-3-2-4-7-19/h9,15H,2-8,10-12,17H2,1H3. The van der Waals surface area contributed by atoms with Crippen molar-refractivity contribution in [3.05, 3.63) is 23.2 Å². The summed E-state index contributed by atoms with van der Waals surface area (Å²) in [4.78, 5) is 5.27. The van der Waals surface area contributed by atoms with E-state index in [4.69, 9.17) is 10.2 Å². The van der Waals surface area contributed by atoms with E-state index >= 15 is 0 Å². The van der Waals surface area contributed by atoms with Crippen molar-refractivity contribution in [2.75, 3.05) is 26.2 Å². The molecule has 0 radical (unpaired) electrons. The van der Waals surface area contributed by atoms with E-state index in [2.05, 4.69) is 15.9 Å². The first-order valence-corrected chi connectivity index (χ1v) is 8.01. The van der Waals surface area contributed by atoms with Crippen LogP contribution in [0.5, 0.6) is 0 Å². The van der Waals surface area contributed by atoms with Gasteiger partial charge in [0.2, 0.25) is 0 Å². The summed E-state index contributed by atoms with van der Waals surface area (Å²) in [5.74, 6) is 1.94. The highest BCUT2D eigenvalue weighted by atomic mass is 16.3. The molecule has 0 saturated carbocycles. The van der Waals surface area contributed by atoms with Crippen LogP contribution in [-0.4, -0.2) is 42.0 Å². The molecule has 2 aliphatic heterocycles. The predicted molar refractivity (Wildman–Crippen MR) is 80.4 cm³/mol. The highest BCUT2D eigenvalue weighted by Gasteiger charge is 2.28. The van der Waals surface area contributed by atoms with Gasteiger partial charge in [0, 0.05) is 31.2 Å². The number of rotatable bonds is 4. The molecule has 0 bridgehead atoms. The molecule has 2 fully saturated rings. The molecule has 3 heterocycles. The molecular formula is C16H27N3O. The van der Waals surface area contributed by atoms with Crippen LogP contribution < -0.4 is 5.73 Å². The van der Waals surface area contributed by atoms with Crippen LogP contribution in [0.25, 0.3) is 0 Å². The fraction of sp³-hybridized carbons (Fsp3) is 0.750. The van der Waals surface area contributed by atoms with Crippen molar-refractivity contribution in [3.63, 3.8) is 0 Å². The van der Waals surface area contributed by atoms with Crippen LogP contribution in [0.2, 0.25) is 0 Å². The first-order valence-electron chi connectivity index (χ1n) is 8.01. The van der Waals surface area contributed by atoms with Gasteiger partial charge in [-0.1, -0.05) is 6.42 Å². The van der Waals surface area contributed by atoms with Crippen molar-refractivity contribution in [1.29, 1.82) is 0 Å². The number of nitrogens with zero attached hydrogens (tertiary/aromatic N) is 2. The lowest BCUT2D eigenvalue weighted by Gasteiger charge is -2.32. The van der Waals surface area contributed by atoms with Crippen molar-refractivity contribution in [2.24, 2.45) is 5.73 Å². The van der Waals surface area contributed by atoms with Gasteiger partial charge in [-0.2, -0.15) is 0 Å². The van der Waals surface area contributed by atoms with Crippen LogP contribution in [0.4, 0.5) is 0 Å². The fourth-order valence-electron chi connectivity index (χ4n) is 3.62. The van der Waals surface area contributed by atoms with Gasteiger partial charge < -0.3 is 10.2 Å². The molecule has 1 unspecified atom stereocenters. The minimum Gasteiger partial charge on any atom is -0.465 e. The quantitative estimate of drug-likeness (QED) is 0.915. The number of nitrogens with two attached hydrogens (primary N) is 1. The van der Waals surface area contributed by atoms with Gasteiger partial charge in [0.25, 0.3) is 0 Å². The van der Waals surface area contributed by atoms with E-state index in [-0.39, 0.29) is 0 Å². The van der Waals surface area contributed by atoms with E-state index in [1.165, 1.54) is 57.4 Å². The zero-order chi connectivity index (χ0) is 13.9. The Morgan fingerprint density at radius 2 is 2.05 bits per heavy atom. The molecule has 1 aromatic rings. The summed E-state index contributed by atoms with van der Waals surface area (Å²) < 4.78 is 5.66. The Labute approximate surface area is 121 Å². The maximum atomic E-state index is 5.66. The molecule has 0 spiro atoms. The average molecular weight is 277 g/mol. The van der Waals surface area contributed by atoms with E-state index in [9.17, 15) is 0 Å². The molecule has 112 valence electrons. The number of aryl methyl sites for hydroxylation is 1. The Kier molecular flexibility index (Phi) is 4.44. The summed E-state index contributed by atoms with van der Waals surface area (Å²) >= 11 is 0. The lowest BCUT2D eigenvalue weighted by Crippen LogP contribution is -2.40. The summed E-state index contributed by atoms with van der Waals surface area (Å²) in [6.07, 6.45) is 5.51. The second kappa shape index (κ2) is 6.29. The lowest BCUT2D eigenvalue weighted by atomic mass is 10.1. The molecule has 3 rings (SSSR count). The van der Waals surface area contributed by atoms with E-state index in [1.807, 2.05) is 6.92 Å². The minimum absolute atomic E-state index is 0.497. The third kappa shape index (κ3) is 3.08. The van der Waals surface area contributed by atoms with Gasteiger partial charge in [-0.25, -0.2) is 0 Å². The van der Waals surface area contributed by atoms with Gasteiger partial charge in [-0.05, 0) is 45.3 Å². The van der Waals surface area contributed by atoms with Crippen LogP contribution in [0.3, 0.4) is 0 Å².